The fourth-order valence-electron chi connectivity index (χ4n) is 2.05. The van der Waals surface area contributed by atoms with Gasteiger partial charge in [0.05, 0.1) is 4.90 Å². The van der Waals surface area contributed by atoms with Crippen LogP contribution in [0.5, 0.6) is 0 Å². The summed E-state index contributed by atoms with van der Waals surface area (Å²) in [4.78, 5) is 12.5. The van der Waals surface area contributed by atoms with Gasteiger partial charge >= 0.3 is 5.63 Å². The minimum atomic E-state index is -0.182. The van der Waals surface area contributed by atoms with E-state index in [9.17, 15) is 4.79 Å². The lowest BCUT2D eigenvalue weighted by molar-refractivity contribution is 0.542. The van der Waals surface area contributed by atoms with Crippen LogP contribution in [0.15, 0.2) is 38.4 Å². The summed E-state index contributed by atoms with van der Waals surface area (Å²) in [6.45, 7) is 2.14. The SMILES string of the molecule is CC1Cc2c(c(=O)oc3ccccc23)S1. The molecule has 0 spiro atoms. The number of para-hydroxylation sites is 1. The number of benzene rings is 1. The number of hydrogen-bond acceptors (Lipinski definition) is 3. The lowest BCUT2D eigenvalue weighted by Crippen LogP contribution is -2.02. The van der Waals surface area contributed by atoms with Crippen molar-refractivity contribution in [3.8, 4) is 0 Å². The van der Waals surface area contributed by atoms with E-state index in [-0.39, 0.29) is 5.63 Å². The van der Waals surface area contributed by atoms with E-state index in [0.29, 0.717) is 10.8 Å². The fourth-order valence-corrected chi connectivity index (χ4v) is 3.17. The molecule has 2 heterocycles. The molecule has 1 aliphatic rings. The third kappa shape index (κ3) is 1.30. The molecule has 0 saturated carbocycles. The normalized spacial score (nSPS) is 19.4. The van der Waals surface area contributed by atoms with Gasteiger partial charge in [0, 0.05) is 10.6 Å². The van der Waals surface area contributed by atoms with Crippen LogP contribution in [0.2, 0.25) is 0 Å². The van der Waals surface area contributed by atoms with Crippen molar-refractivity contribution in [2.75, 3.05) is 0 Å². The topological polar surface area (TPSA) is 30.2 Å². The Balaban J connectivity index is 2.43. The average Bonchev–Trinajstić information content (AvgIpc) is 2.61. The lowest BCUT2D eigenvalue weighted by atomic mass is 10.1. The maximum Gasteiger partial charge on any atom is 0.350 e. The first-order valence-electron chi connectivity index (χ1n) is 4.97. The maximum atomic E-state index is 11.7. The highest BCUT2D eigenvalue weighted by Gasteiger charge is 2.24. The third-order valence-electron chi connectivity index (χ3n) is 2.68. The van der Waals surface area contributed by atoms with E-state index >= 15 is 0 Å². The summed E-state index contributed by atoms with van der Waals surface area (Å²) in [7, 11) is 0. The Morgan fingerprint density at radius 1 is 1.40 bits per heavy atom. The van der Waals surface area contributed by atoms with E-state index in [1.54, 1.807) is 11.8 Å². The summed E-state index contributed by atoms with van der Waals surface area (Å²) in [6.07, 6.45) is 0.964. The Bertz CT molecular complexity index is 586. The zero-order valence-electron chi connectivity index (χ0n) is 8.32. The Morgan fingerprint density at radius 3 is 3.07 bits per heavy atom. The minimum absolute atomic E-state index is 0.182. The Hall–Kier alpha value is -1.22. The quantitative estimate of drug-likeness (QED) is 0.637. The predicted octanol–water partition coefficient (Wildman–Crippen LogP) is 2.83. The van der Waals surface area contributed by atoms with Gasteiger partial charge in [-0.3, -0.25) is 0 Å². The highest BCUT2D eigenvalue weighted by Crippen LogP contribution is 2.37. The molecule has 15 heavy (non-hydrogen) atoms. The van der Waals surface area contributed by atoms with E-state index in [4.69, 9.17) is 4.42 Å². The maximum absolute atomic E-state index is 11.7. The van der Waals surface area contributed by atoms with Crippen molar-refractivity contribution < 1.29 is 4.42 Å². The largest absolute Gasteiger partial charge is 0.422 e. The van der Waals surface area contributed by atoms with Gasteiger partial charge in [-0.1, -0.05) is 25.1 Å². The minimum Gasteiger partial charge on any atom is -0.422 e. The number of rotatable bonds is 0. The van der Waals surface area contributed by atoms with Gasteiger partial charge in [-0.05, 0) is 18.1 Å². The third-order valence-corrected chi connectivity index (χ3v) is 3.90. The van der Waals surface area contributed by atoms with Crippen LogP contribution in [0, 0.1) is 0 Å². The van der Waals surface area contributed by atoms with Gasteiger partial charge in [-0.25, -0.2) is 4.79 Å². The molecule has 0 N–H and O–H groups in total. The summed E-state index contributed by atoms with van der Waals surface area (Å²) in [5, 5.41) is 1.57. The molecule has 2 aromatic rings. The van der Waals surface area contributed by atoms with E-state index in [1.807, 2.05) is 24.3 Å². The van der Waals surface area contributed by atoms with E-state index < -0.39 is 0 Å². The zero-order valence-corrected chi connectivity index (χ0v) is 9.14. The van der Waals surface area contributed by atoms with Crippen molar-refractivity contribution in [2.45, 2.75) is 23.5 Å². The smallest absolute Gasteiger partial charge is 0.350 e. The number of hydrogen-bond donors (Lipinski definition) is 0. The summed E-state index contributed by atoms with van der Waals surface area (Å²) >= 11 is 1.63. The first-order chi connectivity index (χ1) is 7.25. The van der Waals surface area contributed by atoms with Gasteiger partial charge in [-0.15, -0.1) is 11.8 Å². The Morgan fingerprint density at radius 2 is 2.20 bits per heavy atom. The van der Waals surface area contributed by atoms with E-state index in [1.165, 1.54) is 5.56 Å². The second-order valence-corrected chi connectivity index (χ2v) is 5.27. The summed E-state index contributed by atoms with van der Waals surface area (Å²) in [6, 6.07) is 7.75. The highest BCUT2D eigenvalue weighted by molar-refractivity contribution is 8.00. The van der Waals surface area contributed by atoms with Crippen LogP contribution in [0.4, 0.5) is 0 Å². The van der Waals surface area contributed by atoms with Crippen molar-refractivity contribution >= 4 is 22.7 Å². The monoisotopic (exact) mass is 218 g/mol. The van der Waals surface area contributed by atoms with E-state index in [0.717, 1.165) is 16.7 Å². The Labute approximate surface area is 91.3 Å². The predicted molar refractivity (Wildman–Crippen MR) is 61.5 cm³/mol. The van der Waals surface area contributed by atoms with Gasteiger partial charge < -0.3 is 4.42 Å². The van der Waals surface area contributed by atoms with Gasteiger partial charge in [0.2, 0.25) is 0 Å². The van der Waals surface area contributed by atoms with Crippen LogP contribution in [-0.4, -0.2) is 5.25 Å². The first-order valence-corrected chi connectivity index (χ1v) is 5.85. The molecule has 76 valence electrons. The van der Waals surface area contributed by atoms with Crippen molar-refractivity contribution in [1.29, 1.82) is 0 Å². The molecular formula is C12H10O2S. The van der Waals surface area contributed by atoms with Crippen LogP contribution >= 0.6 is 11.8 Å². The molecule has 0 radical (unpaired) electrons. The molecule has 0 amide bonds. The van der Waals surface area contributed by atoms with Crippen molar-refractivity contribution in [3.63, 3.8) is 0 Å². The summed E-state index contributed by atoms with van der Waals surface area (Å²) < 4.78 is 5.28. The molecule has 0 aliphatic carbocycles. The van der Waals surface area contributed by atoms with Crippen LogP contribution in [-0.2, 0) is 6.42 Å². The van der Waals surface area contributed by atoms with Gasteiger partial charge in [0.1, 0.15) is 5.58 Å². The van der Waals surface area contributed by atoms with Crippen molar-refractivity contribution in [2.24, 2.45) is 0 Å². The van der Waals surface area contributed by atoms with Crippen LogP contribution < -0.4 is 5.63 Å². The molecule has 3 heteroatoms. The lowest BCUT2D eigenvalue weighted by Gasteiger charge is -2.01. The van der Waals surface area contributed by atoms with Crippen molar-refractivity contribution in [1.82, 2.24) is 0 Å². The van der Waals surface area contributed by atoms with Gasteiger partial charge in [-0.2, -0.15) is 0 Å². The van der Waals surface area contributed by atoms with Gasteiger partial charge in [0.25, 0.3) is 0 Å². The molecule has 1 atom stereocenters. The summed E-state index contributed by atoms with van der Waals surface area (Å²) in [5.41, 5.74) is 1.69. The molecule has 0 fully saturated rings. The summed E-state index contributed by atoms with van der Waals surface area (Å²) in [5.74, 6) is 0. The molecule has 1 unspecified atom stereocenters. The number of fused-ring (bicyclic) bond motifs is 3. The zero-order chi connectivity index (χ0) is 10.4. The average molecular weight is 218 g/mol. The molecule has 3 rings (SSSR count). The second kappa shape index (κ2) is 3.14. The van der Waals surface area contributed by atoms with Crippen LogP contribution in [0.25, 0.3) is 11.0 Å². The molecule has 1 aromatic heterocycles. The first kappa shape index (κ1) is 9.04. The number of thioether (sulfide) groups is 1. The van der Waals surface area contributed by atoms with Crippen molar-refractivity contribution in [3.05, 3.63) is 40.2 Å². The van der Waals surface area contributed by atoms with E-state index in [2.05, 4.69) is 6.92 Å². The van der Waals surface area contributed by atoms with Crippen LogP contribution in [0.3, 0.4) is 0 Å². The molecule has 0 saturated heterocycles. The molecule has 1 aromatic carbocycles. The molecular weight excluding hydrogens is 208 g/mol. The molecule has 1 aliphatic heterocycles. The second-order valence-electron chi connectivity index (χ2n) is 3.83. The fraction of sp³-hybridized carbons (Fsp3) is 0.250. The highest BCUT2D eigenvalue weighted by atomic mass is 32.2. The van der Waals surface area contributed by atoms with Crippen LogP contribution in [0.1, 0.15) is 12.5 Å². The molecule has 0 bridgehead atoms. The standard InChI is InChI=1S/C12H10O2S/c1-7-6-9-8-4-2-3-5-10(8)14-12(13)11(9)15-7/h2-5,7H,6H2,1H3. The molecule has 2 nitrogen and oxygen atoms in total. The Kier molecular flexibility index (Phi) is 1.89. The van der Waals surface area contributed by atoms with Gasteiger partial charge in [0.15, 0.2) is 0 Å².